The molecule has 0 unspecified atom stereocenters. The summed E-state index contributed by atoms with van der Waals surface area (Å²) in [5.41, 5.74) is 2.12. The van der Waals surface area contributed by atoms with Crippen LogP contribution in [0.25, 0.3) is 0 Å². The molecule has 1 aliphatic rings. The van der Waals surface area contributed by atoms with E-state index in [1.54, 1.807) is 0 Å². The first-order chi connectivity index (χ1) is 8.78. The molecular weight excluding hydrogens is 242 g/mol. The third-order valence-electron chi connectivity index (χ3n) is 3.05. The smallest absolute Gasteiger partial charge is 0.411 e. The number of ether oxygens (including phenoxy) is 1. The lowest BCUT2D eigenvalue weighted by atomic mass is 9.95. The van der Waals surface area contributed by atoms with Crippen LogP contribution in [0.5, 0.6) is 0 Å². The average Bonchev–Trinajstić information content (AvgIpc) is 2.28. The second-order valence-electron chi connectivity index (χ2n) is 5.86. The van der Waals surface area contributed by atoms with Crippen LogP contribution in [0.2, 0.25) is 0 Å². The fourth-order valence-electron chi connectivity index (χ4n) is 2.13. The molecule has 0 aliphatic carbocycles. The molecule has 1 amide bonds. The summed E-state index contributed by atoms with van der Waals surface area (Å²) in [5.74, 6) is -0.0317. The summed E-state index contributed by atoms with van der Waals surface area (Å²) in [5, 5.41) is 0. The lowest BCUT2D eigenvalue weighted by molar-refractivity contribution is 0.0220. The number of aryl methyl sites for hydroxylation is 1. The van der Waals surface area contributed by atoms with Gasteiger partial charge in [-0.3, -0.25) is 9.69 Å². The molecule has 0 radical (unpaired) electrons. The lowest BCUT2D eigenvalue weighted by Crippen LogP contribution is -2.42. The van der Waals surface area contributed by atoms with Crippen LogP contribution in [0, 0.1) is 6.92 Å². The molecule has 4 heteroatoms. The normalized spacial score (nSPS) is 15.2. The zero-order chi connectivity index (χ0) is 14.2. The molecule has 1 aromatic carbocycles. The van der Waals surface area contributed by atoms with Crippen LogP contribution in [0.4, 0.5) is 4.79 Å². The van der Waals surface area contributed by atoms with Crippen molar-refractivity contribution in [3.05, 3.63) is 34.9 Å². The Labute approximate surface area is 113 Å². The number of rotatable bonds is 0. The maximum absolute atomic E-state index is 12.1. The number of Topliss-reactive ketones (excluding diaryl/α,β-unsaturated/α-hetero) is 1. The van der Waals surface area contributed by atoms with E-state index < -0.39 is 11.7 Å². The van der Waals surface area contributed by atoms with Crippen molar-refractivity contribution in [1.82, 2.24) is 4.90 Å². The third kappa shape index (κ3) is 2.95. The highest BCUT2D eigenvalue weighted by molar-refractivity contribution is 6.01. The number of fused-ring (bicyclic) bond motifs is 1. The van der Waals surface area contributed by atoms with E-state index in [0.717, 1.165) is 16.7 Å². The maximum Gasteiger partial charge on any atom is 0.411 e. The van der Waals surface area contributed by atoms with Crippen LogP contribution in [0.15, 0.2) is 18.2 Å². The summed E-state index contributed by atoms with van der Waals surface area (Å²) in [6, 6.07) is 5.64. The van der Waals surface area contributed by atoms with Crippen molar-refractivity contribution in [1.29, 1.82) is 0 Å². The molecule has 1 heterocycles. The summed E-state index contributed by atoms with van der Waals surface area (Å²) >= 11 is 0. The van der Waals surface area contributed by atoms with Gasteiger partial charge in [0.1, 0.15) is 5.60 Å². The van der Waals surface area contributed by atoms with Crippen molar-refractivity contribution in [3.63, 3.8) is 0 Å². The molecule has 0 fully saturated rings. The van der Waals surface area contributed by atoms with Crippen LogP contribution in [-0.2, 0) is 11.3 Å². The molecule has 4 nitrogen and oxygen atoms in total. The van der Waals surface area contributed by atoms with Gasteiger partial charge in [-0.05, 0) is 38.8 Å². The number of hydrogen-bond donors (Lipinski definition) is 0. The number of ketones is 1. The van der Waals surface area contributed by atoms with Gasteiger partial charge >= 0.3 is 6.09 Å². The molecular formula is C15H19NO3. The van der Waals surface area contributed by atoms with Crippen LogP contribution >= 0.6 is 0 Å². The van der Waals surface area contributed by atoms with E-state index in [0.29, 0.717) is 6.54 Å². The van der Waals surface area contributed by atoms with Gasteiger partial charge in [0.25, 0.3) is 0 Å². The van der Waals surface area contributed by atoms with Crippen LogP contribution in [0.3, 0.4) is 0 Å². The molecule has 0 spiro atoms. The van der Waals surface area contributed by atoms with Crippen LogP contribution < -0.4 is 0 Å². The quantitative estimate of drug-likeness (QED) is 0.721. The van der Waals surface area contributed by atoms with Gasteiger partial charge in [-0.15, -0.1) is 0 Å². The molecule has 0 N–H and O–H groups in total. The maximum atomic E-state index is 12.1. The second-order valence-corrected chi connectivity index (χ2v) is 5.86. The number of nitrogens with zero attached hydrogens (tertiary/aromatic N) is 1. The Bertz CT molecular complexity index is 529. The number of hydrogen-bond acceptors (Lipinski definition) is 3. The SMILES string of the molecule is Cc1cccc2c1CN(C(=O)OC(C)(C)C)CC2=O. The van der Waals surface area contributed by atoms with E-state index in [2.05, 4.69) is 0 Å². The molecule has 0 saturated heterocycles. The first-order valence-electron chi connectivity index (χ1n) is 6.37. The molecule has 0 aromatic heterocycles. The van der Waals surface area contributed by atoms with E-state index in [4.69, 9.17) is 4.74 Å². The Morgan fingerprint density at radius 3 is 2.58 bits per heavy atom. The number of benzene rings is 1. The Hall–Kier alpha value is -1.84. The van der Waals surface area contributed by atoms with Gasteiger partial charge < -0.3 is 4.74 Å². The van der Waals surface area contributed by atoms with Crippen LogP contribution in [0.1, 0.15) is 42.3 Å². The predicted molar refractivity (Wildman–Crippen MR) is 72.2 cm³/mol. The van der Waals surface area contributed by atoms with Crippen molar-refractivity contribution in [2.45, 2.75) is 39.8 Å². The zero-order valence-electron chi connectivity index (χ0n) is 11.8. The largest absolute Gasteiger partial charge is 0.444 e. The fourth-order valence-corrected chi connectivity index (χ4v) is 2.13. The summed E-state index contributed by atoms with van der Waals surface area (Å²) in [7, 11) is 0. The Morgan fingerprint density at radius 2 is 1.95 bits per heavy atom. The van der Waals surface area contributed by atoms with Gasteiger partial charge in [0.2, 0.25) is 0 Å². The minimum absolute atomic E-state index is 0.0317. The number of amides is 1. The molecule has 1 aromatic rings. The highest BCUT2D eigenvalue weighted by Gasteiger charge is 2.30. The van der Waals surface area contributed by atoms with Gasteiger partial charge in [0.05, 0.1) is 13.1 Å². The molecule has 0 atom stereocenters. The first-order valence-corrected chi connectivity index (χ1v) is 6.37. The van der Waals surface area contributed by atoms with E-state index >= 15 is 0 Å². The van der Waals surface area contributed by atoms with Gasteiger partial charge in [0.15, 0.2) is 5.78 Å². The predicted octanol–water partition coefficient (Wildman–Crippen LogP) is 2.93. The molecule has 0 bridgehead atoms. The van der Waals surface area contributed by atoms with Gasteiger partial charge in [0, 0.05) is 5.56 Å². The standard InChI is InChI=1S/C15H19NO3/c1-10-6-5-7-11-12(10)8-16(9-13(11)17)14(18)19-15(2,3)4/h5-7H,8-9H2,1-4H3. The average molecular weight is 261 g/mol. The van der Waals surface area contributed by atoms with Gasteiger partial charge in [-0.1, -0.05) is 18.2 Å². The van der Waals surface area contributed by atoms with Gasteiger partial charge in [-0.25, -0.2) is 4.79 Å². The Kier molecular flexibility index (Phi) is 3.35. The minimum Gasteiger partial charge on any atom is -0.444 e. The van der Waals surface area contributed by atoms with E-state index in [1.807, 2.05) is 45.9 Å². The second kappa shape index (κ2) is 4.68. The minimum atomic E-state index is -0.549. The highest BCUT2D eigenvalue weighted by Crippen LogP contribution is 2.23. The van der Waals surface area contributed by atoms with E-state index in [-0.39, 0.29) is 12.3 Å². The van der Waals surface area contributed by atoms with Gasteiger partial charge in [-0.2, -0.15) is 0 Å². The summed E-state index contributed by atoms with van der Waals surface area (Å²) in [6.07, 6.45) is -0.435. The monoisotopic (exact) mass is 261 g/mol. The summed E-state index contributed by atoms with van der Waals surface area (Å²) in [6.45, 7) is 7.92. The number of carbonyl (C=O) groups excluding carboxylic acids is 2. The van der Waals surface area contributed by atoms with Crippen molar-refractivity contribution in [2.24, 2.45) is 0 Å². The lowest BCUT2D eigenvalue weighted by Gasteiger charge is -2.31. The Balaban J connectivity index is 2.24. The molecule has 0 saturated carbocycles. The zero-order valence-corrected chi connectivity index (χ0v) is 11.8. The third-order valence-corrected chi connectivity index (χ3v) is 3.05. The fraction of sp³-hybridized carbons (Fsp3) is 0.467. The summed E-state index contributed by atoms with van der Waals surface area (Å²) in [4.78, 5) is 25.6. The molecule has 2 rings (SSSR count). The number of carbonyl (C=O) groups is 2. The van der Waals surface area contributed by atoms with E-state index in [1.165, 1.54) is 4.90 Å². The van der Waals surface area contributed by atoms with Crippen molar-refractivity contribution in [2.75, 3.05) is 6.54 Å². The van der Waals surface area contributed by atoms with Crippen molar-refractivity contribution < 1.29 is 14.3 Å². The summed E-state index contributed by atoms with van der Waals surface area (Å²) < 4.78 is 5.32. The Morgan fingerprint density at radius 1 is 1.26 bits per heavy atom. The van der Waals surface area contributed by atoms with Crippen LogP contribution in [-0.4, -0.2) is 28.9 Å². The molecule has 102 valence electrons. The molecule has 1 aliphatic heterocycles. The highest BCUT2D eigenvalue weighted by atomic mass is 16.6. The molecule has 19 heavy (non-hydrogen) atoms. The van der Waals surface area contributed by atoms with Crippen molar-refractivity contribution >= 4 is 11.9 Å². The topological polar surface area (TPSA) is 46.6 Å². The van der Waals surface area contributed by atoms with Crippen molar-refractivity contribution in [3.8, 4) is 0 Å². The van der Waals surface area contributed by atoms with E-state index in [9.17, 15) is 9.59 Å². The first kappa shape index (κ1) is 13.6.